The zero-order valence-corrected chi connectivity index (χ0v) is 20.2. The van der Waals surface area contributed by atoms with Crippen LogP contribution in [0.2, 0.25) is 0 Å². The minimum Gasteiger partial charge on any atom is -0.508 e. The smallest absolute Gasteiger partial charge is 0.303 e. The number of carbonyl (C=O) groups excluding carboxylic acids is 1. The van der Waals surface area contributed by atoms with Gasteiger partial charge < -0.3 is 15.3 Å². The maximum atomic E-state index is 10.9. The number of rotatable bonds is 8. The van der Waals surface area contributed by atoms with Crippen molar-refractivity contribution in [3.63, 3.8) is 0 Å². The van der Waals surface area contributed by atoms with Gasteiger partial charge in [-0.05, 0) is 70.5 Å². The molecule has 0 aliphatic carbocycles. The number of aryl methyl sites for hydroxylation is 2. The first kappa shape index (κ1) is 27.0. The Morgan fingerprint density at radius 2 is 0.865 bits per heavy atom. The van der Waals surface area contributed by atoms with Gasteiger partial charge in [-0.2, -0.15) is 0 Å². The standard InChI is InChI=1S/C15H15NO3.C15H14O3/c17-14-8-6-13(7-9-14)12-4-1-11(2-5-12)3-10-15(18)16-19;16-14-8-6-13(7-9-14)12-4-1-11(2-5-12)3-10-15(17)18/h1-2,4-9,17,19H,3,10H2,(H,16,18);1-2,4-9,16H,3,10H2,(H,17,18). The summed E-state index contributed by atoms with van der Waals surface area (Å²) in [6, 6.07) is 29.6. The maximum Gasteiger partial charge on any atom is 0.303 e. The molecule has 0 heterocycles. The Hall–Kier alpha value is -4.62. The first-order valence-corrected chi connectivity index (χ1v) is 11.8. The van der Waals surface area contributed by atoms with Crippen LogP contribution in [0.15, 0.2) is 97.1 Å². The Labute approximate surface area is 215 Å². The van der Waals surface area contributed by atoms with Gasteiger partial charge in [0.2, 0.25) is 5.91 Å². The summed E-state index contributed by atoms with van der Waals surface area (Å²) < 4.78 is 0. The second-order valence-electron chi connectivity index (χ2n) is 8.42. The van der Waals surface area contributed by atoms with Gasteiger partial charge in [-0.3, -0.25) is 14.8 Å². The Morgan fingerprint density at radius 3 is 1.19 bits per heavy atom. The summed E-state index contributed by atoms with van der Waals surface area (Å²) in [5, 5.41) is 35.5. The third-order valence-electron chi connectivity index (χ3n) is 5.70. The number of phenols is 2. The number of aliphatic carboxylic acids is 1. The summed E-state index contributed by atoms with van der Waals surface area (Å²) in [5.74, 6) is -0.674. The molecule has 0 spiro atoms. The fraction of sp³-hybridized carbons (Fsp3) is 0.133. The van der Waals surface area contributed by atoms with E-state index in [0.29, 0.717) is 12.8 Å². The van der Waals surface area contributed by atoms with E-state index in [1.165, 1.54) is 0 Å². The van der Waals surface area contributed by atoms with E-state index in [2.05, 4.69) is 0 Å². The number of carbonyl (C=O) groups is 2. The number of carboxylic acid groups (broad SMARTS) is 1. The fourth-order valence-electron chi connectivity index (χ4n) is 3.60. The van der Waals surface area contributed by atoms with Crippen molar-refractivity contribution in [3.8, 4) is 33.8 Å². The molecule has 4 rings (SSSR count). The minimum absolute atomic E-state index is 0.151. The lowest BCUT2D eigenvalue weighted by atomic mass is 10.0. The molecule has 0 atom stereocenters. The van der Waals surface area contributed by atoms with Gasteiger partial charge in [0.25, 0.3) is 0 Å². The molecule has 0 aliphatic heterocycles. The van der Waals surface area contributed by atoms with Gasteiger partial charge >= 0.3 is 5.97 Å². The van der Waals surface area contributed by atoms with Gasteiger partial charge in [0.1, 0.15) is 11.5 Å². The lowest BCUT2D eigenvalue weighted by molar-refractivity contribution is -0.137. The molecule has 0 aromatic heterocycles. The van der Waals surface area contributed by atoms with Crippen LogP contribution in [0.5, 0.6) is 11.5 Å². The van der Waals surface area contributed by atoms with Gasteiger partial charge in [0.15, 0.2) is 0 Å². The molecule has 1 amide bonds. The van der Waals surface area contributed by atoms with Crippen LogP contribution in [-0.2, 0) is 22.4 Å². The molecule has 7 heteroatoms. The summed E-state index contributed by atoms with van der Waals surface area (Å²) >= 11 is 0. The van der Waals surface area contributed by atoms with Crippen molar-refractivity contribution >= 4 is 11.9 Å². The molecule has 7 nitrogen and oxygen atoms in total. The van der Waals surface area contributed by atoms with Gasteiger partial charge in [-0.25, -0.2) is 5.48 Å². The number of carboxylic acids is 1. The Balaban J connectivity index is 0.000000206. The number of nitrogens with one attached hydrogen (secondary N) is 1. The van der Waals surface area contributed by atoms with E-state index in [9.17, 15) is 19.8 Å². The van der Waals surface area contributed by atoms with E-state index < -0.39 is 5.97 Å². The summed E-state index contributed by atoms with van der Waals surface area (Å²) in [4.78, 5) is 21.4. The molecule has 0 aliphatic rings. The maximum absolute atomic E-state index is 10.9. The molecule has 0 radical (unpaired) electrons. The fourth-order valence-corrected chi connectivity index (χ4v) is 3.60. The second-order valence-corrected chi connectivity index (χ2v) is 8.42. The van der Waals surface area contributed by atoms with E-state index in [0.717, 1.165) is 33.4 Å². The van der Waals surface area contributed by atoms with Crippen LogP contribution in [0.1, 0.15) is 24.0 Å². The predicted molar refractivity (Wildman–Crippen MR) is 141 cm³/mol. The number of phenolic OH excluding ortho intramolecular Hbond substituents is 2. The highest BCUT2D eigenvalue weighted by atomic mass is 16.5. The topological polar surface area (TPSA) is 127 Å². The van der Waals surface area contributed by atoms with Crippen LogP contribution in [0.25, 0.3) is 22.3 Å². The van der Waals surface area contributed by atoms with Crippen molar-refractivity contribution in [1.29, 1.82) is 0 Å². The first-order chi connectivity index (χ1) is 17.8. The van der Waals surface area contributed by atoms with E-state index >= 15 is 0 Å². The molecule has 4 aromatic rings. The van der Waals surface area contributed by atoms with Crippen LogP contribution in [-0.4, -0.2) is 32.4 Å². The van der Waals surface area contributed by atoms with Crippen molar-refractivity contribution in [2.24, 2.45) is 0 Å². The SMILES string of the molecule is O=C(CCc1ccc(-c2ccc(O)cc2)cc1)NO.O=C(O)CCc1ccc(-c2ccc(O)cc2)cc1. The van der Waals surface area contributed by atoms with Gasteiger partial charge in [-0.15, -0.1) is 0 Å². The van der Waals surface area contributed by atoms with Crippen LogP contribution < -0.4 is 5.48 Å². The molecular formula is C30H29NO6. The zero-order valence-electron chi connectivity index (χ0n) is 20.2. The van der Waals surface area contributed by atoms with Crippen molar-refractivity contribution in [2.45, 2.75) is 25.7 Å². The number of hydroxylamine groups is 1. The molecule has 0 saturated carbocycles. The molecule has 190 valence electrons. The zero-order chi connectivity index (χ0) is 26.6. The molecule has 0 fully saturated rings. The van der Waals surface area contributed by atoms with Gasteiger partial charge in [0, 0.05) is 12.8 Å². The average Bonchev–Trinajstić information content (AvgIpc) is 2.92. The van der Waals surface area contributed by atoms with E-state index in [-0.39, 0.29) is 30.2 Å². The third-order valence-corrected chi connectivity index (χ3v) is 5.70. The van der Waals surface area contributed by atoms with Crippen LogP contribution in [0.3, 0.4) is 0 Å². The molecule has 0 saturated heterocycles. The van der Waals surface area contributed by atoms with Crippen molar-refractivity contribution in [3.05, 3.63) is 108 Å². The van der Waals surface area contributed by atoms with Crippen molar-refractivity contribution in [2.75, 3.05) is 0 Å². The number of hydrogen-bond acceptors (Lipinski definition) is 5. The molecule has 37 heavy (non-hydrogen) atoms. The number of aromatic hydroxyl groups is 2. The van der Waals surface area contributed by atoms with Crippen LogP contribution in [0.4, 0.5) is 0 Å². The summed E-state index contributed by atoms with van der Waals surface area (Å²) in [7, 11) is 0. The molecule has 0 bridgehead atoms. The van der Waals surface area contributed by atoms with Crippen LogP contribution in [0, 0.1) is 0 Å². The molecule has 4 aromatic carbocycles. The minimum atomic E-state index is -0.780. The Bertz CT molecular complexity index is 1280. The molecular weight excluding hydrogens is 470 g/mol. The lowest BCUT2D eigenvalue weighted by Gasteiger charge is -2.04. The van der Waals surface area contributed by atoms with Gasteiger partial charge in [0.05, 0.1) is 0 Å². The van der Waals surface area contributed by atoms with E-state index in [4.69, 9.17) is 10.3 Å². The lowest BCUT2D eigenvalue weighted by Crippen LogP contribution is -2.18. The van der Waals surface area contributed by atoms with Crippen LogP contribution >= 0.6 is 0 Å². The summed E-state index contributed by atoms with van der Waals surface area (Å²) in [5.41, 5.74) is 7.81. The largest absolute Gasteiger partial charge is 0.508 e. The highest BCUT2D eigenvalue weighted by Gasteiger charge is 2.03. The van der Waals surface area contributed by atoms with E-state index in [1.807, 2.05) is 72.8 Å². The van der Waals surface area contributed by atoms with E-state index in [1.54, 1.807) is 29.7 Å². The summed E-state index contributed by atoms with van der Waals surface area (Å²) in [6.45, 7) is 0. The quantitative estimate of drug-likeness (QED) is 0.159. The highest BCUT2D eigenvalue weighted by Crippen LogP contribution is 2.23. The number of benzene rings is 4. The van der Waals surface area contributed by atoms with Gasteiger partial charge in [-0.1, -0.05) is 72.8 Å². The van der Waals surface area contributed by atoms with Crippen molar-refractivity contribution in [1.82, 2.24) is 5.48 Å². The number of hydrogen-bond donors (Lipinski definition) is 5. The number of amides is 1. The molecule has 5 N–H and O–H groups in total. The Morgan fingerprint density at radius 1 is 0.541 bits per heavy atom. The third kappa shape index (κ3) is 8.83. The Kier molecular flexibility index (Phi) is 9.82. The first-order valence-electron chi connectivity index (χ1n) is 11.8. The predicted octanol–water partition coefficient (Wildman–Crippen LogP) is 5.57. The molecule has 0 unspecified atom stereocenters. The second kappa shape index (κ2) is 13.5. The average molecular weight is 500 g/mol. The normalized spacial score (nSPS) is 10.2. The highest BCUT2D eigenvalue weighted by molar-refractivity contribution is 5.75. The monoisotopic (exact) mass is 499 g/mol. The van der Waals surface area contributed by atoms with Crippen molar-refractivity contribution < 1.29 is 30.1 Å². The summed E-state index contributed by atoms with van der Waals surface area (Å²) in [6.07, 6.45) is 1.54.